The quantitative estimate of drug-likeness (QED) is 0.679. The molecular weight excluding hydrogens is 387 g/mol. The lowest BCUT2D eigenvalue weighted by molar-refractivity contribution is -0.119. The monoisotopic (exact) mass is 408 g/mol. The molecule has 6 nitrogen and oxygen atoms in total. The molecule has 3 aromatic rings. The van der Waals surface area contributed by atoms with E-state index < -0.39 is 0 Å². The van der Waals surface area contributed by atoms with E-state index in [1.807, 2.05) is 59.3 Å². The van der Waals surface area contributed by atoms with E-state index in [1.54, 1.807) is 0 Å². The van der Waals surface area contributed by atoms with Crippen LogP contribution in [0.4, 0.5) is 5.69 Å². The smallest absolute Gasteiger partial charge is 0.228 e. The predicted molar refractivity (Wildman–Crippen MR) is 110 cm³/mol. The highest BCUT2D eigenvalue weighted by Gasteiger charge is 2.22. The first-order valence-corrected chi connectivity index (χ1v) is 8.45. The van der Waals surface area contributed by atoms with Gasteiger partial charge in [-0.3, -0.25) is 4.79 Å². The molecule has 1 amide bonds. The van der Waals surface area contributed by atoms with Gasteiger partial charge in [0.1, 0.15) is 18.0 Å². The highest BCUT2D eigenvalue weighted by molar-refractivity contribution is 5.93. The fourth-order valence-corrected chi connectivity index (χ4v) is 3.00. The van der Waals surface area contributed by atoms with E-state index in [0.717, 1.165) is 36.5 Å². The number of hydrogen-bond donors (Lipinski definition) is 2. The van der Waals surface area contributed by atoms with Crippen molar-refractivity contribution in [2.75, 3.05) is 18.4 Å². The van der Waals surface area contributed by atoms with Crippen LogP contribution >= 0.6 is 24.8 Å². The lowest BCUT2D eigenvalue weighted by Gasteiger charge is -2.11. The number of nitrogens with one attached hydrogen (secondary N) is 2. The van der Waals surface area contributed by atoms with E-state index in [-0.39, 0.29) is 36.6 Å². The second-order valence-corrected chi connectivity index (χ2v) is 6.19. The van der Waals surface area contributed by atoms with Gasteiger partial charge in [0.05, 0.1) is 11.6 Å². The molecule has 0 spiro atoms. The number of aromatic nitrogens is 2. The zero-order valence-electron chi connectivity index (χ0n) is 14.6. The number of hydrogen-bond acceptors (Lipinski definition) is 4. The maximum atomic E-state index is 12.2. The average molecular weight is 409 g/mol. The number of carbonyl (C=O) groups excluding carboxylic acids is 1. The number of carbonyl (C=O) groups is 1. The number of amides is 1. The van der Waals surface area contributed by atoms with Crippen molar-refractivity contribution in [1.82, 2.24) is 14.7 Å². The van der Waals surface area contributed by atoms with Crippen LogP contribution in [0.5, 0.6) is 5.75 Å². The normalized spacial score (nSPS) is 15.6. The van der Waals surface area contributed by atoms with Gasteiger partial charge in [-0.25, -0.2) is 4.98 Å². The lowest BCUT2D eigenvalue weighted by atomic mass is 10.1. The topological polar surface area (TPSA) is 67.7 Å². The maximum absolute atomic E-state index is 12.2. The van der Waals surface area contributed by atoms with E-state index >= 15 is 0 Å². The molecule has 3 heterocycles. The van der Waals surface area contributed by atoms with Crippen LogP contribution in [-0.2, 0) is 11.4 Å². The summed E-state index contributed by atoms with van der Waals surface area (Å²) in [6.45, 7) is 2.03. The van der Waals surface area contributed by atoms with Crippen molar-refractivity contribution in [3.8, 4) is 5.75 Å². The van der Waals surface area contributed by atoms with Crippen LogP contribution in [-0.4, -0.2) is 28.4 Å². The van der Waals surface area contributed by atoms with E-state index in [4.69, 9.17) is 4.74 Å². The minimum Gasteiger partial charge on any atom is -0.487 e. The molecule has 144 valence electrons. The van der Waals surface area contributed by atoms with Gasteiger partial charge in [0.15, 0.2) is 0 Å². The highest BCUT2D eigenvalue weighted by Crippen LogP contribution is 2.20. The summed E-state index contributed by atoms with van der Waals surface area (Å²) in [5.41, 5.74) is 2.51. The summed E-state index contributed by atoms with van der Waals surface area (Å²) in [5, 5.41) is 6.17. The minimum atomic E-state index is 0. The first kappa shape index (κ1) is 21.0. The molecule has 1 aromatic carbocycles. The molecule has 1 aliphatic heterocycles. The minimum absolute atomic E-state index is 0. The fraction of sp³-hybridized carbons (Fsp3) is 0.263. The Balaban J connectivity index is 0.00000131. The largest absolute Gasteiger partial charge is 0.487 e. The zero-order valence-corrected chi connectivity index (χ0v) is 16.3. The van der Waals surface area contributed by atoms with Gasteiger partial charge < -0.3 is 19.8 Å². The van der Waals surface area contributed by atoms with Crippen molar-refractivity contribution < 1.29 is 9.53 Å². The second kappa shape index (κ2) is 9.60. The maximum Gasteiger partial charge on any atom is 0.228 e. The molecule has 0 aliphatic carbocycles. The lowest BCUT2D eigenvalue weighted by Crippen LogP contribution is -2.24. The van der Waals surface area contributed by atoms with Gasteiger partial charge in [-0.05, 0) is 37.2 Å². The Morgan fingerprint density at radius 2 is 2.15 bits per heavy atom. The van der Waals surface area contributed by atoms with Crippen molar-refractivity contribution in [1.29, 1.82) is 0 Å². The van der Waals surface area contributed by atoms with Crippen LogP contribution in [0.1, 0.15) is 12.1 Å². The molecule has 0 bridgehead atoms. The molecular formula is C19H22Cl2N4O2. The Morgan fingerprint density at radius 3 is 2.93 bits per heavy atom. The molecule has 27 heavy (non-hydrogen) atoms. The zero-order chi connectivity index (χ0) is 17.1. The molecule has 2 N–H and O–H groups in total. The first-order chi connectivity index (χ1) is 12.3. The van der Waals surface area contributed by atoms with Gasteiger partial charge in [0.2, 0.25) is 5.91 Å². The SMILES string of the molecule is Cl.Cl.O=C(Nc1cccc(OCc2cn3ccccc3n2)c1)C1CCNC1. The Kier molecular flexibility index (Phi) is 7.47. The Labute approximate surface area is 170 Å². The summed E-state index contributed by atoms with van der Waals surface area (Å²) >= 11 is 0. The number of imidazole rings is 1. The predicted octanol–water partition coefficient (Wildman–Crippen LogP) is 3.30. The third-order valence-corrected chi connectivity index (χ3v) is 4.33. The van der Waals surface area contributed by atoms with Crippen LogP contribution in [0, 0.1) is 5.92 Å². The number of ether oxygens (including phenoxy) is 1. The Morgan fingerprint density at radius 1 is 1.26 bits per heavy atom. The third kappa shape index (κ3) is 5.13. The fourth-order valence-electron chi connectivity index (χ4n) is 3.00. The number of rotatable bonds is 5. The number of fused-ring (bicyclic) bond motifs is 1. The number of pyridine rings is 1. The van der Waals surface area contributed by atoms with Crippen LogP contribution in [0.15, 0.2) is 54.9 Å². The summed E-state index contributed by atoms with van der Waals surface area (Å²) in [7, 11) is 0. The van der Waals surface area contributed by atoms with Gasteiger partial charge in [-0.2, -0.15) is 0 Å². The van der Waals surface area contributed by atoms with Crippen LogP contribution < -0.4 is 15.4 Å². The van der Waals surface area contributed by atoms with E-state index in [2.05, 4.69) is 15.6 Å². The first-order valence-electron chi connectivity index (χ1n) is 8.45. The number of anilines is 1. The van der Waals surface area contributed by atoms with Crippen molar-refractivity contribution in [2.24, 2.45) is 5.92 Å². The van der Waals surface area contributed by atoms with Gasteiger partial charge in [0.25, 0.3) is 0 Å². The summed E-state index contributed by atoms with van der Waals surface area (Å²) in [4.78, 5) is 16.7. The van der Waals surface area contributed by atoms with E-state index in [9.17, 15) is 4.79 Å². The summed E-state index contributed by atoms with van der Waals surface area (Å²) in [6, 6.07) is 13.3. The van der Waals surface area contributed by atoms with Gasteiger partial charge in [-0.1, -0.05) is 12.1 Å². The molecule has 1 saturated heterocycles. The van der Waals surface area contributed by atoms with Crippen molar-refractivity contribution >= 4 is 42.1 Å². The van der Waals surface area contributed by atoms with Crippen LogP contribution in [0.2, 0.25) is 0 Å². The van der Waals surface area contributed by atoms with Gasteiger partial charge >= 0.3 is 0 Å². The van der Waals surface area contributed by atoms with E-state index in [0.29, 0.717) is 12.4 Å². The second-order valence-electron chi connectivity index (χ2n) is 6.19. The van der Waals surface area contributed by atoms with Crippen molar-refractivity contribution in [3.05, 3.63) is 60.6 Å². The molecule has 0 radical (unpaired) electrons. The molecule has 1 unspecified atom stereocenters. The van der Waals surface area contributed by atoms with Crippen LogP contribution in [0.25, 0.3) is 5.65 Å². The standard InChI is InChI=1S/C19H20N4O2.2ClH/c24-19(14-7-8-20-11-14)22-15-4-3-5-17(10-15)25-13-16-12-23-9-2-1-6-18(23)21-16;;/h1-6,9-10,12,14,20H,7-8,11,13H2,(H,22,24);2*1H. The van der Waals surface area contributed by atoms with Gasteiger partial charge in [-0.15, -0.1) is 24.8 Å². The molecule has 4 rings (SSSR count). The van der Waals surface area contributed by atoms with E-state index in [1.165, 1.54) is 0 Å². The molecule has 8 heteroatoms. The van der Waals surface area contributed by atoms with Crippen LogP contribution in [0.3, 0.4) is 0 Å². The highest BCUT2D eigenvalue weighted by atomic mass is 35.5. The molecule has 0 saturated carbocycles. The number of nitrogens with zero attached hydrogens (tertiary/aromatic N) is 2. The van der Waals surface area contributed by atoms with Crippen molar-refractivity contribution in [3.63, 3.8) is 0 Å². The summed E-state index contributed by atoms with van der Waals surface area (Å²) in [5.74, 6) is 0.810. The van der Waals surface area contributed by atoms with Crippen molar-refractivity contribution in [2.45, 2.75) is 13.0 Å². The average Bonchev–Trinajstić information content (AvgIpc) is 3.29. The Bertz CT molecular complexity index is 861. The number of benzene rings is 1. The summed E-state index contributed by atoms with van der Waals surface area (Å²) < 4.78 is 7.79. The molecule has 1 aliphatic rings. The molecule has 1 fully saturated rings. The number of halogens is 2. The third-order valence-electron chi connectivity index (χ3n) is 4.33. The van der Waals surface area contributed by atoms with Gasteiger partial charge in [0, 0.05) is 30.7 Å². The Hall–Kier alpha value is -2.28. The summed E-state index contributed by atoms with van der Waals surface area (Å²) in [6.07, 6.45) is 4.80. The molecule has 2 aromatic heterocycles. The molecule has 1 atom stereocenters.